The molecule has 2 aromatic heterocycles. The molecule has 0 atom stereocenters. The van der Waals surface area contributed by atoms with Gasteiger partial charge in [-0.25, -0.2) is 15.0 Å². The highest BCUT2D eigenvalue weighted by atomic mass is 15.3. The molecular weight excluding hydrogens is 252 g/mol. The van der Waals surface area contributed by atoms with E-state index in [0.717, 1.165) is 37.8 Å². The summed E-state index contributed by atoms with van der Waals surface area (Å²) in [4.78, 5) is 17.0. The lowest BCUT2D eigenvalue weighted by Crippen LogP contribution is -2.47. The minimum Gasteiger partial charge on any atom is -0.353 e. The third kappa shape index (κ3) is 2.52. The van der Waals surface area contributed by atoms with Gasteiger partial charge in [-0.3, -0.25) is 0 Å². The number of piperazine rings is 1. The first-order valence-corrected chi connectivity index (χ1v) is 6.49. The molecule has 6 heteroatoms. The van der Waals surface area contributed by atoms with Crippen molar-refractivity contribution in [3.05, 3.63) is 42.5 Å². The molecule has 0 aromatic carbocycles. The summed E-state index contributed by atoms with van der Waals surface area (Å²) in [6.07, 6.45) is 5.01. The molecule has 1 fully saturated rings. The average Bonchev–Trinajstić information content (AvgIpc) is 2.56. The van der Waals surface area contributed by atoms with E-state index < -0.39 is 0 Å². The molecule has 0 saturated carbocycles. The summed E-state index contributed by atoms with van der Waals surface area (Å²) < 4.78 is 0. The maximum Gasteiger partial charge on any atom is 0.132 e. The molecule has 6 nitrogen and oxygen atoms in total. The fourth-order valence-corrected chi connectivity index (χ4v) is 2.30. The molecule has 1 saturated heterocycles. The van der Waals surface area contributed by atoms with Gasteiger partial charge in [0.25, 0.3) is 0 Å². The number of hydrogen-bond donors (Lipinski definition) is 0. The van der Waals surface area contributed by atoms with Crippen molar-refractivity contribution < 1.29 is 0 Å². The standard InChI is InChI=1S/C14H14N6/c15-10-12-1-4-17-14(9-12)20-7-5-19(6-8-20)13-2-3-16-11-18-13/h1-4,9,11H,5-8H2. The predicted octanol–water partition coefficient (Wildman–Crippen LogP) is 1.07. The van der Waals surface area contributed by atoms with Crippen LogP contribution in [0.4, 0.5) is 11.6 Å². The van der Waals surface area contributed by atoms with Crippen molar-refractivity contribution >= 4 is 11.6 Å². The SMILES string of the molecule is N#Cc1ccnc(N2CCN(c3ccncn3)CC2)c1. The van der Waals surface area contributed by atoms with Crippen molar-refractivity contribution in [3.63, 3.8) is 0 Å². The van der Waals surface area contributed by atoms with E-state index in [1.807, 2.05) is 12.1 Å². The topological polar surface area (TPSA) is 68.9 Å². The van der Waals surface area contributed by atoms with Gasteiger partial charge in [0.2, 0.25) is 0 Å². The molecule has 1 aliphatic heterocycles. The third-order valence-corrected chi connectivity index (χ3v) is 3.37. The van der Waals surface area contributed by atoms with E-state index in [1.165, 1.54) is 0 Å². The molecule has 20 heavy (non-hydrogen) atoms. The smallest absolute Gasteiger partial charge is 0.132 e. The van der Waals surface area contributed by atoms with E-state index in [4.69, 9.17) is 5.26 Å². The Morgan fingerprint density at radius 2 is 1.70 bits per heavy atom. The van der Waals surface area contributed by atoms with E-state index in [0.29, 0.717) is 5.56 Å². The Kier molecular flexibility index (Phi) is 3.42. The lowest BCUT2D eigenvalue weighted by molar-refractivity contribution is 0.641. The van der Waals surface area contributed by atoms with Gasteiger partial charge >= 0.3 is 0 Å². The molecule has 0 amide bonds. The quantitative estimate of drug-likeness (QED) is 0.810. The molecule has 3 heterocycles. The third-order valence-electron chi connectivity index (χ3n) is 3.37. The van der Waals surface area contributed by atoms with E-state index in [1.54, 1.807) is 24.8 Å². The van der Waals surface area contributed by atoms with Gasteiger partial charge < -0.3 is 9.80 Å². The van der Waals surface area contributed by atoms with Crippen molar-refractivity contribution in [3.8, 4) is 6.07 Å². The highest BCUT2D eigenvalue weighted by Crippen LogP contribution is 2.17. The number of nitriles is 1. The molecular formula is C14H14N6. The number of rotatable bonds is 2. The largest absolute Gasteiger partial charge is 0.353 e. The van der Waals surface area contributed by atoms with Gasteiger partial charge in [-0.2, -0.15) is 5.26 Å². The van der Waals surface area contributed by atoms with E-state index >= 15 is 0 Å². The maximum absolute atomic E-state index is 8.93. The minimum absolute atomic E-state index is 0.647. The number of anilines is 2. The molecule has 0 N–H and O–H groups in total. The fourth-order valence-electron chi connectivity index (χ4n) is 2.30. The van der Waals surface area contributed by atoms with Gasteiger partial charge in [0.15, 0.2) is 0 Å². The second-order valence-electron chi connectivity index (χ2n) is 4.56. The van der Waals surface area contributed by atoms with Gasteiger partial charge in [0.1, 0.15) is 18.0 Å². The van der Waals surface area contributed by atoms with Crippen LogP contribution < -0.4 is 9.80 Å². The highest BCUT2D eigenvalue weighted by Gasteiger charge is 2.19. The van der Waals surface area contributed by atoms with Crippen molar-refractivity contribution in [2.75, 3.05) is 36.0 Å². The van der Waals surface area contributed by atoms with Crippen molar-refractivity contribution in [1.29, 1.82) is 5.26 Å². The van der Waals surface area contributed by atoms with Gasteiger partial charge in [-0.15, -0.1) is 0 Å². The molecule has 0 bridgehead atoms. The highest BCUT2D eigenvalue weighted by molar-refractivity contribution is 5.47. The Morgan fingerprint density at radius 1 is 0.950 bits per heavy atom. The summed E-state index contributed by atoms with van der Waals surface area (Å²) in [5.41, 5.74) is 0.647. The Labute approximate surface area is 117 Å². The average molecular weight is 266 g/mol. The van der Waals surface area contributed by atoms with Crippen molar-refractivity contribution in [2.45, 2.75) is 0 Å². The van der Waals surface area contributed by atoms with E-state index in [9.17, 15) is 0 Å². The number of hydrogen-bond acceptors (Lipinski definition) is 6. The Bertz CT molecular complexity index is 613. The summed E-state index contributed by atoms with van der Waals surface area (Å²) in [5, 5.41) is 8.93. The first-order chi connectivity index (χ1) is 9.86. The van der Waals surface area contributed by atoms with Crippen LogP contribution in [0.25, 0.3) is 0 Å². The molecule has 0 unspecified atom stereocenters. The van der Waals surface area contributed by atoms with Crippen molar-refractivity contribution in [2.24, 2.45) is 0 Å². The zero-order valence-corrected chi connectivity index (χ0v) is 11.0. The van der Waals surface area contributed by atoms with Crippen LogP contribution in [0.5, 0.6) is 0 Å². The lowest BCUT2D eigenvalue weighted by Gasteiger charge is -2.35. The first-order valence-electron chi connectivity index (χ1n) is 6.49. The van der Waals surface area contributed by atoms with Crippen LogP contribution in [0, 0.1) is 11.3 Å². The van der Waals surface area contributed by atoms with Crippen LogP contribution in [-0.2, 0) is 0 Å². The molecule has 0 spiro atoms. The molecule has 0 aliphatic carbocycles. The summed E-state index contributed by atoms with van der Waals surface area (Å²) in [7, 11) is 0. The summed E-state index contributed by atoms with van der Waals surface area (Å²) in [5.74, 6) is 1.82. The van der Waals surface area contributed by atoms with E-state index in [-0.39, 0.29) is 0 Å². The molecule has 1 aliphatic rings. The second kappa shape index (κ2) is 5.53. The summed E-state index contributed by atoms with van der Waals surface area (Å²) >= 11 is 0. The number of pyridine rings is 1. The fraction of sp³-hybridized carbons (Fsp3) is 0.286. The molecule has 100 valence electrons. The minimum atomic E-state index is 0.647. The van der Waals surface area contributed by atoms with Crippen LogP contribution in [0.3, 0.4) is 0 Å². The van der Waals surface area contributed by atoms with Crippen molar-refractivity contribution in [1.82, 2.24) is 15.0 Å². The number of nitrogens with zero attached hydrogens (tertiary/aromatic N) is 6. The van der Waals surface area contributed by atoms with Gasteiger partial charge in [0, 0.05) is 38.6 Å². The second-order valence-corrected chi connectivity index (χ2v) is 4.56. The van der Waals surface area contributed by atoms with Crippen LogP contribution >= 0.6 is 0 Å². The molecule has 3 rings (SSSR count). The van der Waals surface area contributed by atoms with Crippen LogP contribution in [0.2, 0.25) is 0 Å². The lowest BCUT2D eigenvalue weighted by atomic mass is 10.2. The molecule has 0 radical (unpaired) electrons. The molecule has 2 aromatic rings. The summed E-state index contributed by atoms with van der Waals surface area (Å²) in [6.45, 7) is 3.50. The van der Waals surface area contributed by atoms with E-state index in [2.05, 4.69) is 30.8 Å². The monoisotopic (exact) mass is 266 g/mol. The first kappa shape index (κ1) is 12.4. The van der Waals surface area contributed by atoms with Gasteiger partial charge in [0.05, 0.1) is 11.6 Å². The predicted molar refractivity (Wildman–Crippen MR) is 75.4 cm³/mol. The van der Waals surface area contributed by atoms with Gasteiger partial charge in [-0.05, 0) is 18.2 Å². The Morgan fingerprint density at radius 3 is 2.35 bits per heavy atom. The Hall–Kier alpha value is -2.68. The zero-order valence-electron chi connectivity index (χ0n) is 11.0. The normalized spacial score (nSPS) is 14.9. The van der Waals surface area contributed by atoms with Gasteiger partial charge in [-0.1, -0.05) is 0 Å². The van der Waals surface area contributed by atoms with Crippen LogP contribution in [0.15, 0.2) is 36.9 Å². The van der Waals surface area contributed by atoms with Crippen LogP contribution in [-0.4, -0.2) is 41.1 Å². The maximum atomic E-state index is 8.93. The summed E-state index contributed by atoms with van der Waals surface area (Å²) in [6, 6.07) is 7.62. The number of aromatic nitrogens is 3. The zero-order chi connectivity index (χ0) is 13.8. The Balaban J connectivity index is 1.68. The van der Waals surface area contributed by atoms with Crippen LogP contribution in [0.1, 0.15) is 5.56 Å².